The van der Waals surface area contributed by atoms with E-state index in [1.54, 1.807) is 13.3 Å². The summed E-state index contributed by atoms with van der Waals surface area (Å²) >= 11 is 0. The van der Waals surface area contributed by atoms with Crippen LogP contribution in [-0.2, 0) is 11.3 Å². The van der Waals surface area contributed by atoms with E-state index in [0.29, 0.717) is 5.56 Å². The number of fused-ring (bicyclic) bond motifs is 1. The van der Waals surface area contributed by atoms with Gasteiger partial charge in [-0.2, -0.15) is 5.26 Å². The molecule has 0 saturated carbocycles. The van der Waals surface area contributed by atoms with Crippen molar-refractivity contribution >= 4 is 16.8 Å². The Kier molecular flexibility index (Phi) is 4.71. The van der Waals surface area contributed by atoms with E-state index in [-0.39, 0.29) is 18.5 Å². The van der Waals surface area contributed by atoms with Crippen molar-refractivity contribution in [2.24, 2.45) is 0 Å². The van der Waals surface area contributed by atoms with Crippen LogP contribution in [0.25, 0.3) is 10.9 Å². The van der Waals surface area contributed by atoms with Crippen LogP contribution in [0.15, 0.2) is 54.7 Å². The van der Waals surface area contributed by atoms with Crippen LogP contribution in [0.5, 0.6) is 5.75 Å². The second-order valence-corrected chi connectivity index (χ2v) is 5.86. The fourth-order valence-corrected chi connectivity index (χ4v) is 2.88. The molecule has 0 aliphatic carbocycles. The largest absolute Gasteiger partial charge is 0.497 e. The fourth-order valence-electron chi connectivity index (χ4n) is 2.88. The third-order valence-electron chi connectivity index (χ3n) is 4.22. The zero-order chi connectivity index (χ0) is 17.8. The number of carbonyl (C=O) groups is 1. The van der Waals surface area contributed by atoms with Crippen LogP contribution in [0.4, 0.5) is 0 Å². The van der Waals surface area contributed by atoms with E-state index in [1.807, 2.05) is 60.0 Å². The zero-order valence-electron chi connectivity index (χ0n) is 14.2. The molecule has 2 aromatic carbocycles. The number of carbonyl (C=O) groups excluding carboxylic acids is 1. The van der Waals surface area contributed by atoms with Gasteiger partial charge in [-0.25, -0.2) is 0 Å². The minimum atomic E-state index is -0.115. The van der Waals surface area contributed by atoms with Gasteiger partial charge in [-0.05, 0) is 30.7 Å². The molecule has 1 N–H and O–H groups in total. The fraction of sp³-hybridized carbons (Fsp3) is 0.200. The van der Waals surface area contributed by atoms with Crippen molar-refractivity contribution in [1.29, 1.82) is 5.26 Å². The minimum absolute atomic E-state index is 0.103. The van der Waals surface area contributed by atoms with Crippen LogP contribution in [-0.4, -0.2) is 17.6 Å². The molecule has 25 heavy (non-hydrogen) atoms. The van der Waals surface area contributed by atoms with Crippen molar-refractivity contribution in [1.82, 2.24) is 9.88 Å². The van der Waals surface area contributed by atoms with Crippen molar-refractivity contribution < 1.29 is 9.53 Å². The molecule has 5 heteroatoms. The number of rotatable bonds is 5. The van der Waals surface area contributed by atoms with E-state index >= 15 is 0 Å². The van der Waals surface area contributed by atoms with Crippen molar-refractivity contribution in [3.05, 3.63) is 65.9 Å². The van der Waals surface area contributed by atoms with Gasteiger partial charge in [-0.15, -0.1) is 0 Å². The van der Waals surface area contributed by atoms with Gasteiger partial charge in [-0.1, -0.05) is 30.3 Å². The molecule has 0 spiro atoms. The molecule has 0 aliphatic heterocycles. The van der Waals surface area contributed by atoms with Gasteiger partial charge < -0.3 is 14.6 Å². The minimum Gasteiger partial charge on any atom is -0.497 e. The van der Waals surface area contributed by atoms with Crippen LogP contribution in [0, 0.1) is 11.3 Å². The average molecular weight is 333 g/mol. The lowest BCUT2D eigenvalue weighted by atomic mass is 10.1. The van der Waals surface area contributed by atoms with E-state index < -0.39 is 0 Å². The molecule has 0 unspecified atom stereocenters. The highest BCUT2D eigenvalue weighted by molar-refractivity contribution is 5.88. The maximum atomic E-state index is 12.4. The van der Waals surface area contributed by atoms with Gasteiger partial charge in [0.25, 0.3) is 0 Å². The third-order valence-corrected chi connectivity index (χ3v) is 4.22. The molecule has 3 rings (SSSR count). The lowest BCUT2D eigenvalue weighted by Gasteiger charge is -2.15. The summed E-state index contributed by atoms with van der Waals surface area (Å²) in [6.07, 6.45) is 1.72. The molecule has 3 aromatic rings. The SMILES string of the molecule is COc1ccc([C@H](C)NC(=O)Cn2cc(C#N)c3ccccc32)cc1. The molecule has 1 atom stereocenters. The van der Waals surface area contributed by atoms with Gasteiger partial charge in [0.15, 0.2) is 0 Å². The Morgan fingerprint density at radius 1 is 1.24 bits per heavy atom. The number of para-hydroxylation sites is 1. The van der Waals surface area contributed by atoms with Crippen LogP contribution < -0.4 is 10.1 Å². The first-order valence-electron chi connectivity index (χ1n) is 8.03. The van der Waals surface area contributed by atoms with Crippen LogP contribution >= 0.6 is 0 Å². The quantitative estimate of drug-likeness (QED) is 0.778. The molecule has 1 aromatic heterocycles. The van der Waals surface area contributed by atoms with E-state index in [1.165, 1.54) is 0 Å². The second-order valence-electron chi connectivity index (χ2n) is 5.86. The number of nitrogens with one attached hydrogen (secondary N) is 1. The number of benzene rings is 2. The summed E-state index contributed by atoms with van der Waals surface area (Å²) in [5.74, 6) is 0.679. The predicted molar refractivity (Wildman–Crippen MR) is 96.2 cm³/mol. The molecule has 0 bridgehead atoms. The summed E-state index contributed by atoms with van der Waals surface area (Å²) in [7, 11) is 1.62. The first-order chi connectivity index (χ1) is 12.1. The Morgan fingerprint density at radius 2 is 1.96 bits per heavy atom. The Balaban J connectivity index is 1.73. The summed E-state index contributed by atoms with van der Waals surface area (Å²) in [6, 6.07) is 17.3. The number of hydrogen-bond donors (Lipinski definition) is 1. The number of aromatic nitrogens is 1. The monoisotopic (exact) mass is 333 g/mol. The first-order valence-corrected chi connectivity index (χ1v) is 8.03. The Labute approximate surface area is 146 Å². The molecule has 0 saturated heterocycles. The number of methoxy groups -OCH3 is 1. The van der Waals surface area contributed by atoms with Crippen LogP contribution in [0.3, 0.4) is 0 Å². The van der Waals surface area contributed by atoms with E-state index in [0.717, 1.165) is 22.2 Å². The molecular weight excluding hydrogens is 314 g/mol. The van der Waals surface area contributed by atoms with E-state index in [4.69, 9.17) is 4.74 Å². The van der Waals surface area contributed by atoms with Crippen molar-refractivity contribution in [3.8, 4) is 11.8 Å². The summed E-state index contributed by atoms with van der Waals surface area (Å²) in [5, 5.41) is 13.1. The van der Waals surface area contributed by atoms with Crippen molar-refractivity contribution in [3.63, 3.8) is 0 Å². The molecule has 1 heterocycles. The van der Waals surface area contributed by atoms with Gasteiger partial charge >= 0.3 is 0 Å². The molecule has 0 aliphatic rings. The number of hydrogen-bond acceptors (Lipinski definition) is 3. The van der Waals surface area contributed by atoms with Crippen molar-refractivity contribution in [2.75, 3.05) is 7.11 Å². The van der Waals surface area contributed by atoms with Crippen molar-refractivity contribution in [2.45, 2.75) is 19.5 Å². The number of ether oxygens (including phenoxy) is 1. The average Bonchev–Trinajstić information content (AvgIpc) is 2.99. The standard InChI is InChI=1S/C20H19N3O2/c1-14(15-7-9-17(25-2)10-8-15)22-20(24)13-23-12-16(11-21)18-5-3-4-6-19(18)23/h3-10,12,14H,13H2,1-2H3,(H,22,24)/t14-/m0/s1. The Bertz CT molecular complexity index is 936. The normalized spacial score (nSPS) is 11.7. The number of nitriles is 1. The topological polar surface area (TPSA) is 67.0 Å². The zero-order valence-corrected chi connectivity index (χ0v) is 14.2. The summed E-state index contributed by atoms with van der Waals surface area (Å²) in [4.78, 5) is 12.4. The van der Waals surface area contributed by atoms with Gasteiger partial charge in [-0.3, -0.25) is 4.79 Å². The number of amides is 1. The lowest BCUT2D eigenvalue weighted by molar-refractivity contribution is -0.122. The van der Waals surface area contributed by atoms with E-state index in [9.17, 15) is 10.1 Å². The van der Waals surface area contributed by atoms with Crippen LogP contribution in [0.1, 0.15) is 24.1 Å². The lowest BCUT2D eigenvalue weighted by Crippen LogP contribution is -2.29. The highest BCUT2D eigenvalue weighted by Gasteiger charge is 2.13. The first kappa shape index (κ1) is 16.6. The second kappa shape index (κ2) is 7.10. The van der Waals surface area contributed by atoms with Gasteiger partial charge in [0.2, 0.25) is 5.91 Å². The predicted octanol–water partition coefficient (Wildman–Crippen LogP) is 3.40. The number of nitrogens with zero attached hydrogens (tertiary/aromatic N) is 2. The van der Waals surface area contributed by atoms with Gasteiger partial charge in [0.1, 0.15) is 18.4 Å². The van der Waals surface area contributed by atoms with Gasteiger partial charge in [0, 0.05) is 17.1 Å². The maximum Gasteiger partial charge on any atom is 0.240 e. The molecular formula is C20H19N3O2. The molecule has 1 amide bonds. The summed E-state index contributed by atoms with van der Waals surface area (Å²) < 4.78 is 6.96. The molecule has 5 nitrogen and oxygen atoms in total. The molecule has 0 fully saturated rings. The smallest absolute Gasteiger partial charge is 0.240 e. The Hall–Kier alpha value is -3.26. The van der Waals surface area contributed by atoms with Crippen LogP contribution in [0.2, 0.25) is 0 Å². The molecule has 126 valence electrons. The highest BCUT2D eigenvalue weighted by atomic mass is 16.5. The highest BCUT2D eigenvalue weighted by Crippen LogP contribution is 2.21. The van der Waals surface area contributed by atoms with E-state index in [2.05, 4.69) is 11.4 Å². The van der Waals surface area contributed by atoms with Gasteiger partial charge in [0.05, 0.1) is 18.7 Å². The summed E-state index contributed by atoms with van der Waals surface area (Å²) in [6.45, 7) is 2.11. The molecule has 0 radical (unpaired) electrons. The summed E-state index contributed by atoms with van der Waals surface area (Å²) in [5.41, 5.74) is 2.46. The third kappa shape index (κ3) is 3.48. The Morgan fingerprint density at radius 3 is 2.64 bits per heavy atom. The maximum absolute atomic E-state index is 12.4.